The van der Waals surface area contributed by atoms with Gasteiger partial charge in [-0.15, -0.1) is 0 Å². The highest BCUT2D eigenvalue weighted by Gasteiger charge is 2.23. The lowest BCUT2D eigenvalue weighted by molar-refractivity contribution is 0.112. The van der Waals surface area contributed by atoms with E-state index >= 15 is 0 Å². The third-order valence-corrected chi connectivity index (χ3v) is 6.56. The summed E-state index contributed by atoms with van der Waals surface area (Å²) in [6.07, 6.45) is 11.3. The molecule has 0 rings (SSSR count). The van der Waals surface area contributed by atoms with Crippen LogP contribution in [-0.2, 0) is 0 Å². The van der Waals surface area contributed by atoms with Gasteiger partial charge in [0.1, 0.15) is 0 Å². The topological polar surface area (TPSA) is 199 Å². The van der Waals surface area contributed by atoms with E-state index in [0.29, 0.717) is 38.5 Å². The van der Waals surface area contributed by atoms with Crippen LogP contribution in [-0.4, -0.2) is 107 Å². The summed E-state index contributed by atoms with van der Waals surface area (Å²) in [5.74, 6) is 0. The van der Waals surface area contributed by atoms with Crippen molar-refractivity contribution in [1.29, 1.82) is 0 Å². The first kappa shape index (κ1) is 42.9. The van der Waals surface area contributed by atoms with Crippen molar-refractivity contribution in [3.05, 3.63) is 0 Å². The quantitative estimate of drug-likeness (QED) is 0.0764. The van der Waals surface area contributed by atoms with E-state index < -0.39 is 16.6 Å². The van der Waals surface area contributed by atoms with Crippen LogP contribution < -0.4 is 17.2 Å². The summed E-state index contributed by atoms with van der Waals surface area (Å²) >= 11 is 0. The maximum atomic E-state index is 11.7. The van der Waals surface area contributed by atoms with Gasteiger partial charge in [-0.3, -0.25) is 13.2 Å². The van der Waals surface area contributed by atoms with Gasteiger partial charge in [0.2, 0.25) is 0 Å². The van der Waals surface area contributed by atoms with E-state index in [1.807, 2.05) is 0 Å². The summed E-state index contributed by atoms with van der Waals surface area (Å²) in [7, 11) is 0. The zero-order chi connectivity index (χ0) is 30.5. The molecule has 0 unspecified atom stereocenters. The molecule has 0 heterocycles. The maximum absolute atomic E-state index is 11.7. The van der Waals surface area contributed by atoms with Gasteiger partial charge in [0.05, 0.1) is 76.3 Å². The predicted molar refractivity (Wildman–Crippen MR) is 150 cm³/mol. The Morgan fingerprint density at radius 3 is 0.667 bits per heavy atom. The van der Waals surface area contributed by atoms with Crippen molar-refractivity contribution < 1.29 is 43.8 Å². The number of alkyl halides is 3. The molecule has 39 heavy (non-hydrogen) atoms. The van der Waals surface area contributed by atoms with Crippen molar-refractivity contribution in [2.75, 3.05) is 59.7 Å². The fourth-order valence-electron chi connectivity index (χ4n) is 3.40. The summed E-state index contributed by atoms with van der Waals surface area (Å²) in [4.78, 5) is 0. The Morgan fingerprint density at radius 2 is 0.513 bits per heavy atom. The van der Waals surface area contributed by atoms with Gasteiger partial charge in [0.15, 0.2) is 0 Å². The number of unbranched alkanes of at least 4 members (excludes halogenated alkanes) is 9. The second-order valence-corrected chi connectivity index (χ2v) is 10.6. The van der Waals surface area contributed by atoms with Crippen molar-refractivity contribution >= 4 is 0 Å². The number of hydrogen-bond acceptors (Lipinski definition) is 9. The molecular formula is C27H60F3N3O6. The molecule has 0 aliphatic heterocycles. The Morgan fingerprint density at radius 1 is 0.333 bits per heavy atom. The monoisotopic (exact) mass is 579 g/mol. The van der Waals surface area contributed by atoms with Crippen LogP contribution in [0.25, 0.3) is 0 Å². The van der Waals surface area contributed by atoms with Crippen LogP contribution in [0.3, 0.4) is 0 Å². The van der Waals surface area contributed by atoms with Crippen LogP contribution in [0.15, 0.2) is 0 Å². The van der Waals surface area contributed by atoms with E-state index in [9.17, 15) is 13.2 Å². The van der Waals surface area contributed by atoms with Crippen molar-refractivity contribution in [3.63, 3.8) is 0 Å². The van der Waals surface area contributed by atoms with Gasteiger partial charge in [-0.05, 0) is 38.5 Å². The lowest BCUT2D eigenvalue weighted by Crippen LogP contribution is -2.47. The number of halogens is 3. The molecule has 9 nitrogen and oxygen atoms in total. The van der Waals surface area contributed by atoms with E-state index in [1.165, 1.54) is 0 Å². The Balaban J connectivity index is -0.000000498. The molecule has 0 bridgehead atoms. The fraction of sp³-hybridized carbons (Fsp3) is 1.00. The van der Waals surface area contributed by atoms with E-state index in [-0.39, 0.29) is 59.7 Å². The van der Waals surface area contributed by atoms with Crippen molar-refractivity contribution in [2.24, 2.45) is 17.2 Å². The average molecular weight is 580 g/mol. The molecule has 0 aromatic carbocycles. The zero-order valence-corrected chi connectivity index (χ0v) is 24.0. The Bertz CT molecular complexity index is 421. The lowest BCUT2D eigenvalue weighted by Gasteiger charge is -2.24. The SMILES string of the molecule is NC(CO)(CO)CCCCCCF.NC(CO)(CO)CCCCCCF.NC(CO)(CO)CCCCCCF. The van der Waals surface area contributed by atoms with Gasteiger partial charge in [-0.25, -0.2) is 0 Å². The van der Waals surface area contributed by atoms with Gasteiger partial charge < -0.3 is 47.8 Å². The Kier molecular flexibility index (Phi) is 31.8. The third-order valence-electron chi connectivity index (χ3n) is 6.56. The first-order valence-electron chi connectivity index (χ1n) is 14.2. The fourth-order valence-corrected chi connectivity index (χ4v) is 3.40. The zero-order valence-electron chi connectivity index (χ0n) is 24.0. The number of aliphatic hydroxyl groups is 6. The predicted octanol–water partition coefficient (Wildman–Crippen LogP) is 1.77. The average Bonchev–Trinajstić information content (AvgIpc) is 2.97. The summed E-state index contributed by atoms with van der Waals surface area (Å²) in [5, 5.41) is 53.1. The summed E-state index contributed by atoms with van der Waals surface area (Å²) in [6.45, 7) is -2.02. The first-order chi connectivity index (χ1) is 18.5. The summed E-state index contributed by atoms with van der Waals surface area (Å²) in [5.41, 5.74) is 14.4. The molecular weight excluding hydrogens is 519 g/mol. The van der Waals surface area contributed by atoms with Gasteiger partial charge >= 0.3 is 0 Å². The van der Waals surface area contributed by atoms with Crippen molar-refractivity contribution in [3.8, 4) is 0 Å². The van der Waals surface area contributed by atoms with E-state index in [4.69, 9.17) is 47.8 Å². The molecule has 0 aliphatic rings. The smallest absolute Gasteiger partial charge is 0.0894 e. The Labute approximate surface area is 234 Å². The summed E-state index contributed by atoms with van der Waals surface area (Å²) in [6, 6.07) is 0. The van der Waals surface area contributed by atoms with Crippen LogP contribution in [0.1, 0.15) is 96.3 Å². The van der Waals surface area contributed by atoms with Crippen LogP contribution in [0.4, 0.5) is 13.2 Å². The van der Waals surface area contributed by atoms with Crippen LogP contribution in [0, 0.1) is 0 Å². The molecule has 0 radical (unpaired) electrons. The molecule has 0 saturated heterocycles. The molecule has 0 saturated carbocycles. The number of rotatable bonds is 24. The van der Waals surface area contributed by atoms with Gasteiger partial charge in [0, 0.05) is 0 Å². The van der Waals surface area contributed by atoms with Crippen LogP contribution >= 0.6 is 0 Å². The second kappa shape index (κ2) is 28.9. The molecule has 240 valence electrons. The molecule has 0 fully saturated rings. The first-order valence-corrected chi connectivity index (χ1v) is 14.2. The Hall–Kier alpha value is -0.570. The second-order valence-electron chi connectivity index (χ2n) is 10.6. The minimum atomic E-state index is -0.851. The largest absolute Gasteiger partial charge is 0.394 e. The highest BCUT2D eigenvalue weighted by molar-refractivity contribution is 4.83. The van der Waals surface area contributed by atoms with Crippen molar-refractivity contribution in [1.82, 2.24) is 0 Å². The number of nitrogens with two attached hydrogens (primary N) is 3. The van der Waals surface area contributed by atoms with Gasteiger partial charge in [0.25, 0.3) is 0 Å². The van der Waals surface area contributed by atoms with Crippen molar-refractivity contribution in [2.45, 2.75) is 113 Å². The molecule has 0 aliphatic carbocycles. The van der Waals surface area contributed by atoms with Crippen LogP contribution in [0.5, 0.6) is 0 Å². The molecule has 0 aromatic heterocycles. The van der Waals surface area contributed by atoms with Gasteiger partial charge in [-0.2, -0.15) is 0 Å². The molecule has 0 aromatic rings. The standard InChI is InChI=1S/3C9H20FNO2/c3*10-6-4-2-1-3-5-9(11,7-12)8-13/h3*12-13H,1-8,11H2. The summed E-state index contributed by atoms with van der Waals surface area (Å²) < 4.78 is 35.0. The maximum Gasteiger partial charge on any atom is 0.0894 e. The number of hydrogen-bond donors (Lipinski definition) is 9. The van der Waals surface area contributed by atoms with E-state index in [1.54, 1.807) is 0 Å². The van der Waals surface area contributed by atoms with E-state index in [2.05, 4.69) is 0 Å². The number of aliphatic hydroxyl groups excluding tert-OH is 6. The molecule has 0 atom stereocenters. The molecule has 12 heteroatoms. The highest BCUT2D eigenvalue weighted by atomic mass is 19.1. The van der Waals surface area contributed by atoms with Gasteiger partial charge in [-0.1, -0.05) is 57.8 Å². The van der Waals surface area contributed by atoms with E-state index in [0.717, 1.165) is 57.8 Å². The minimum Gasteiger partial charge on any atom is -0.394 e. The normalized spacial score (nSPS) is 12.0. The molecule has 0 spiro atoms. The lowest BCUT2D eigenvalue weighted by atomic mass is 9.95. The minimum absolute atomic E-state index is 0.202. The molecule has 12 N–H and O–H groups in total. The molecule has 0 amide bonds. The third kappa shape index (κ3) is 27.4. The van der Waals surface area contributed by atoms with Crippen LogP contribution in [0.2, 0.25) is 0 Å². The highest BCUT2D eigenvalue weighted by Crippen LogP contribution is 2.14.